The van der Waals surface area contributed by atoms with Crippen LogP contribution in [0, 0.1) is 0 Å². The normalized spacial score (nSPS) is 18.3. The molecule has 0 spiro atoms. The summed E-state index contributed by atoms with van der Waals surface area (Å²) in [5, 5.41) is 5.75. The number of nitrogens with two attached hydrogens (primary N) is 2. The Balaban J connectivity index is 1.48. The molecular weight excluding hydrogens is 675 g/mol. The van der Waals surface area contributed by atoms with E-state index in [1.165, 1.54) is 23.1 Å². The highest BCUT2D eigenvalue weighted by molar-refractivity contribution is 7.52. The van der Waals surface area contributed by atoms with E-state index in [1.54, 1.807) is 6.92 Å². The van der Waals surface area contributed by atoms with Gasteiger partial charge in [-0.05, 0) is 74.3 Å². The fraction of sp³-hybridized carbons (Fsp3) is 0.471. The topological polar surface area (TPSA) is 214 Å². The monoisotopic (exact) mass is 719 g/mol. The summed E-state index contributed by atoms with van der Waals surface area (Å²) in [4.78, 5) is 72.1. The smallest absolute Gasteiger partial charge is 0.381 e. The predicted octanol–water partition coefficient (Wildman–Crippen LogP) is 2.60. The molecule has 0 radical (unpaired) electrons. The van der Waals surface area contributed by atoms with Crippen molar-refractivity contribution in [2.24, 2.45) is 11.5 Å². The van der Waals surface area contributed by atoms with Crippen LogP contribution in [-0.4, -0.2) is 71.3 Å². The average Bonchev–Trinajstić information content (AvgIpc) is 3.40. The Hall–Kier alpha value is -4.01. The second-order valence-corrected chi connectivity index (χ2v) is 14.2. The molecule has 13 nitrogen and oxygen atoms in total. The van der Waals surface area contributed by atoms with Gasteiger partial charge in [-0.25, -0.2) is 0 Å². The van der Waals surface area contributed by atoms with Gasteiger partial charge in [-0.15, -0.1) is 0 Å². The van der Waals surface area contributed by atoms with Gasteiger partial charge in [0, 0.05) is 43.7 Å². The van der Waals surface area contributed by atoms with Crippen LogP contribution in [-0.2, 0) is 47.0 Å². The molecule has 2 aliphatic rings. The summed E-state index contributed by atoms with van der Waals surface area (Å²) in [6, 6.07) is 7.52. The maximum Gasteiger partial charge on any atom is 0.399 e. The zero-order valence-corrected chi connectivity index (χ0v) is 28.7. The first-order valence-electron chi connectivity index (χ1n) is 16.5. The molecule has 0 fully saturated rings. The predicted molar refractivity (Wildman–Crippen MR) is 182 cm³/mol. The summed E-state index contributed by atoms with van der Waals surface area (Å²) < 4.78 is 44.9. The molecule has 3 atom stereocenters. The van der Waals surface area contributed by atoms with E-state index < -0.39 is 54.5 Å². The van der Waals surface area contributed by atoms with Crippen molar-refractivity contribution in [3.05, 3.63) is 70.8 Å². The van der Waals surface area contributed by atoms with Gasteiger partial charge in [0.25, 0.3) is 0 Å². The number of para-hydroxylation sites is 1. The highest BCUT2D eigenvalue weighted by Crippen LogP contribution is 2.59. The first-order chi connectivity index (χ1) is 23.6. The van der Waals surface area contributed by atoms with Gasteiger partial charge in [0.2, 0.25) is 23.6 Å². The number of amides is 4. The standard InChI is InChI=1S/C34H44F2N5O8P/c1-21(22-8-11-25(12-9-22)34(35,36)50(46,47)48)19-30(43)40-27-14-10-23-5-2-6-24-20-28(41(31(23)24)33(27)45)32(44)39-26(13-15-29(38)42)7-3-17-49-18-4-16-37/h2,5-6,8-9,11-12,19,26-28H,3-4,7,10,13-18,20,37H2,1H3,(H2,38,42)(H,39,44)(H,40,43)(H2,46,47,48)/b21-19+/t26-,27+,28+/m1/s1. The number of alkyl halides is 2. The van der Waals surface area contributed by atoms with Crippen LogP contribution in [0.2, 0.25) is 0 Å². The summed E-state index contributed by atoms with van der Waals surface area (Å²) in [5.41, 5.74) is 8.68. The first kappa shape index (κ1) is 38.8. The third-order valence-electron chi connectivity index (χ3n) is 8.85. The van der Waals surface area contributed by atoms with Crippen LogP contribution in [0.25, 0.3) is 5.57 Å². The highest BCUT2D eigenvalue weighted by Gasteiger charge is 2.50. The Labute approximate surface area is 288 Å². The quantitative estimate of drug-likeness (QED) is 0.0804. The Morgan fingerprint density at radius 3 is 2.44 bits per heavy atom. The number of primary amides is 1. The lowest BCUT2D eigenvalue weighted by Crippen LogP contribution is -2.55. The van der Waals surface area contributed by atoms with Crippen molar-refractivity contribution >= 4 is 42.5 Å². The summed E-state index contributed by atoms with van der Waals surface area (Å²) in [6.45, 7) is 3.05. The molecule has 4 rings (SSSR count). The van der Waals surface area contributed by atoms with Crippen molar-refractivity contribution < 1.29 is 47.0 Å². The number of allylic oxidation sites excluding steroid dienone is 1. The maximum absolute atomic E-state index is 14.1. The minimum Gasteiger partial charge on any atom is -0.381 e. The molecule has 0 bridgehead atoms. The fourth-order valence-corrected chi connectivity index (χ4v) is 6.68. The number of benzene rings is 2. The zero-order chi connectivity index (χ0) is 36.6. The van der Waals surface area contributed by atoms with E-state index in [2.05, 4.69) is 10.6 Å². The molecule has 2 aliphatic heterocycles. The van der Waals surface area contributed by atoms with E-state index >= 15 is 0 Å². The Bertz CT molecular complexity index is 1650. The van der Waals surface area contributed by atoms with Gasteiger partial charge in [0.05, 0.1) is 5.69 Å². The molecule has 0 unspecified atom stereocenters. The lowest BCUT2D eigenvalue weighted by Gasteiger charge is -2.29. The van der Waals surface area contributed by atoms with E-state index in [-0.39, 0.29) is 25.3 Å². The molecule has 2 aromatic carbocycles. The number of rotatable bonds is 17. The summed E-state index contributed by atoms with van der Waals surface area (Å²) in [7, 11) is -5.74. The van der Waals surface area contributed by atoms with Gasteiger partial charge in [-0.2, -0.15) is 8.78 Å². The number of halogens is 2. The van der Waals surface area contributed by atoms with Crippen LogP contribution in [0.4, 0.5) is 14.5 Å². The number of nitrogens with zero attached hydrogens (tertiary/aromatic N) is 1. The Kier molecular flexibility index (Phi) is 13.0. The SMILES string of the molecule is C/C(=C\C(=O)N[C@H]1CCc2cccc3c2N(C1=O)[C@H](C(=O)N[C@H](CCCOCCCN)CCC(N)=O)C3)c1ccc(C(F)(F)P(=O)(O)O)cc1. The van der Waals surface area contributed by atoms with Crippen LogP contribution in [0.1, 0.15) is 67.7 Å². The van der Waals surface area contributed by atoms with Crippen LogP contribution in [0.5, 0.6) is 0 Å². The van der Waals surface area contributed by atoms with Gasteiger partial charge < -0.3 is 36.6 Å². The number of ether oxygens (including phenoxy) is 1. The van der Waals surface area contributed by atoms with Crippen molar-refractivity contribution in [1.82, 2.24) is 10.6 Å². The van der Waals surface area contributed by atoms with Crippen molar-refractivity contribution in [3.63, 3.8) is 0 Å². The third-order valence-corrected chi connectivity index (χ3v) is 9.84. The number of anilines is 1. The van der Waals surface area contributed by atoms with Crippen molar-refractivity contribution in [2.75, 3.05) is 24.7 Å². The molecule has 8 N–H and O–H groups in total. The minimum atomic E-state index is -5.74. The van der Waals surface area contributed by atoms with E-state index in [4.69, 9.17) is 26.0 Å². The van der Waals surface area contributed by atoms with Crippen LogP contribution in [0.3, 0.4) is 0 Å². The maximum atomic E-state index is 14.1. The molecule has 4 amide bonds. The summed E-state index contributed by atoms with van der Waals surface area (Å²) >= 11 is 0. The molecule has 0 saturated heterocycles. The van der Waals surface area contributed by atoms with Gasteiger partial charge >= 0.3 is 13.3 Å². The largest absolute Gasteiger partial charge is 0.399 e. The molecule has 272 valence electrons. The molecule has 0 aromatic heterocycles. The van der Waals surface area contributed by atoms with E-state index in [0.29, 0.717) is 62.3 Å². The van der Waals surface area contributed by atoms with Crippen LogP contribution in [0.15, 0.2) is 48.5 Å². The Morgan fingerprint density at radius 1 is 1.10 bits per heavy atom. The molecule has 0 saturated carbocycles. The zero-order valence-electron chi connectivity index (χ0n) is 27.8. The summed E-state index contributed by atoms with van der Waals surface area (Å²) in [6.07, 6.45) is 4.45. The molecule has 0 aliphatic carbocycles. The third kappa shape index (κ3) is 9.40. The lowest BCUT2D eigenvalue weighted by molar-refractivity contribution is -0.128. The molecule has 2 aromatic rings. The van der Waals surface area contributed by atoms with Crippen molar-refractivity contribution in [3.8, 4) is 0 Å². The lowest BCUT2D eigenvalue weighted by atomic mass is 10.0. The van der Waals surface area contributed by atoms with Gasteiger partial charge in [-0.1, -0.05) is 42.5 Å². The number of hydrogen-bond acceptors (Lipinski definition) is 7. The number of carbonyl (C=O) groups excluding carboxylic acids is 4. The number of nitrogens with one attached hydrogen (secondary N) is 2. The fourth-order valence-electron chi connectivity index (χ4n) is 6.19. The van der Waals surface area contributed by atoms with E-state index in [9.17, 15) is 32.5 Å². The van der Waals surface area contributed by atoms with Crippen LogP contribution >= 0.6 is 7.60 Å². The molecular formula is C34H44F2N5O8P. The summed E-state index contributed by atoms with van der Waals surface area (Å²) in [5.74, 6) is -1.98. The molecule has 50 heavy (non-hydrogen) atoms. The minimum absolute atomic E-state index is 0.0712. The average molecular weight is 720 g/mol. The Morgan fingerprint density at radius 2 is 1.78 bits per heavy atom. The number of aryl methyl sites for hydroxylation is 1. The van der Waals surface area contributed by atoms with Gasteiger partial charge in [0.1, 0.15) is 12.1 Å². The molecule has 2 heterocycles. The number of carbonyl (C=O) groups is 4. The number of hydrogen-bond donors (Lipinski definition) is 6. The van der Waals surface area contributed by atoms with Crippen LogP contribution < -0.4 is 27.0 Å². The van der Waals surface area contributed by atoms with E-state index in [1.807, 2.05) is 18.2 Å². The second kappa shape index (κ2) is 16.8. The first-order valence-corrected chi connectivity index (χ1v) is 18.1. The van der Waals surface area contributed by atoms with Gasteiger partial charge in [-0.3, -0.25) is 28.6 Å². The molecule has 16 heteroatoms. The highest BCUT2D eigenvalue weighted by atomic mass is 31.2. The van der Waals surface area contributed by atoms with Crippen molar-refractivity contribution in [2.45, 2.75) is 82.1 Å². The van der Waals surface area contributed by atoms with E-state index in [0.717, 1.165) is 29.7 Å². The second-order valence-electron chi connectivity index (χ2n) is 12.6. The van der Waals surface area contributed by atoms with Gasteiger partial charge in [0.15, 0.2) is 0 Å². The van der Waals surface area contributed by atoms with Crippen molar-refractivity contribution in [1.29, 1.82) is 0 Å².